The number of carbonyl (C=O) groups is 1. The smallest absolute Gasteiger partial charge is 0.385 e. The number of anilines is 2. The van der Waals surface area contributed by atoms with Gasteiger partial charge < -0.3 is 9.64 Å². The molecule has 0 amide bonds. The molecule has 3 aromatic rings. The summed E-state index contributed by atoms with van der Waals surface area (Å²) in [6.45, 7) is 3.60. The summed E-state index contributed by atoms with van der Waals surface area (Å²) in [5, 5.41) is 7.14. The van der Waals surface area contributed by atoms with Gasteiger partial charge in [-0.15, -0.1) is 0 Å². The molecule has 0 saturated carbocycles. The molecule has 3 heterocycles. The topological polar surface area (TPSA) is 70.9 Å². The van der Waals surface area contributed by atoms with Gasteiger partial charge in [-0.2, -0.15) is 23.3 Å². The quantitative estimate of drug-likeness (QED) is 0.319. The number of nitrogens with zero attached hydrogens (tertiary/aromatic N) is 5. The highest BCUT2D eigenvalue weighted by Gasteiger charge is 2.41. The molecule has 1 atom stereocenters. The van der Waals surface area contributed by atoms with Gasteiger partial charge in [0.1, 0.15) is 0 Å². The van der Waals surface area contributed by atoms with Crippen molar-refractivity contribution in [2.75, 3.05) is 43.3 Å². The molecule has 2 aliphatic rings. The summed E-state index contributed by atoms with van der Waals surface area (Å²) in [7, 11) is 1.68. The van der Waals surface area contributed by atoms with Crippen molar-refractivity contribution in [3.05, 3.63) is 82.5 Å². The van der Waals surface area contributed by atoms with Crippen LogP contribution in [-0.4, -0.2) is 61.5 Å². The van der Waals surface area contributed by atoms with Crippen LogP contribution in [0.1, 0.15) is 47.2 Å². The minimum Gasteiger partial charge on any atom is -0.385 e. The number of hydrogen-bond acceptors (Lipinski definition) is 7. The fraction of sp³-hybridized carbons (Fsp3) is 0.379. The second-order valence-electron chi connectivity index (χ2n) is 9.48. The zero-order valence-corrected chi connectivity index (χ0v) is 23.1. The van der Waals surface area contributed by atoms with Crippen molar-refractivity contribution in [2.24, 2.45) is 11.0 Å². The predicted octanol–water partition coefficient (Wildman–Crippen LogP) is 6.38. The van der Waals surface area contributed by atoms with E-state index in [4.69, 9.17) is 16.7 Å². The Hall–Kier alpha value is -3.50. The minimum absolute atomic E-state index is 0.0176. The maximum absolute atomic E-state index is 13.1. The molecule has 0 bridgehead atoms. The molecule has 1 fully saturated rings. The van der Waals surface area contributed by atoms with E-state index in [-0.39, 0.29) is 37.4 Å². The Kier molecular flexibility index (Phi) is 9.76. The maximum atomic E-state index is 13.1. The van der Waals surface area contributed by atoms with Crippen molar-refractivity contribution in [1.82, 2.24) is 9.97 Å². The van der Waals surface area contributed by atoms with Crippen LogP contribution < -0.4 is 9.91 Å². The lowest BCUT2D eigenvalue weighted by atomic mass is 9.91. The van der Waals surface area contributed by atoms with Gasteiger partial charge in [0, 0.05) is 43.9 Å². The number of alkyl halides is 3. The summed E-state index contributed by atoms with van der Waals surface area (Å²) < 4.78 is 43.8. The first-order valence-electron chi connectivity index (χ1n) is 13.0. The average molecular weight is 574 g/mol. The van der Waals surface area contributed by atoms with Crippen LogP contribution in [0.2, 0.25) is 5.02 Å². The summed E-state index contributed by atoms with van der Waals surface area (Å²) >= 11 is 6.09. The van der Waals surface area contributed by atoms with E-state index in [0.717, 1.165) is 23.4 Å². The van der Waals surface area contributed by atoms with E-state index in [0.29, 0.717) is 29.6 Å². The average Bonchev–Trinajstić information content (AvgIpc) is 3.43. The van der Waals surface area contributed by atoms with E-state index in [1.807, 2.05) is 49.4 Å². The summed E-state index contributed by atoms with van der Waals surface area (Å²) in [5.41, 5.74) is 3.02. The monoisotopic (exact) mass is 573 g/mol. The Morgan fingerprint density at radius 1 is 1.07 bits per heavy atom. The molecule has 0 radical (unpaired) electrons. The molecule has 212 valence electrons. The first-order valence-corrected chi connectivity index (χ1v) is 13.4. The number of aromatic nitrogens is 2. The normalized spacial score (nSPS) is 17.8. The van der Waals surface area contributed by atoms with Crippen LogP contribution >= 0.6 is 11.6 Å². The van der Waals surface area contributed by atoms with Gasteiger partial charge in [-0.25, -0.2) is 9.99 Å². The van der Waals surface area contributed by atoms with Crippen LogP contribution in [-0.2, 0) is 4.74 Å². The molecule has 1 unspecified atom stereocenters. The molecule has 11 heteroatoms. The highest BCUT2D eigenvalue weighted by Crippen LogP contribution is 2.36. The standard InChI is InChI=1S/C26H23ClF3N5O.C3H8O/c27-21-8-6-18(7-9-21)23-22(17-4-2-1-3-5-17)15-35(33-23)24-19(16-36)14-31-25(32-24)34-12-10-20(11-13-34)26(28,29)30;1-3-4-2/h1-9,14,16,20,22H,10-13,15H2;3H2,1-2H3. The fourth-order valence-electron chi connectivity index (χ4n) is 4.68. The number of ether oxygens (including phenoxy) is 1. The summed E-state index contributed by atoms with van der Waals surface area (Å²) in [5.74, 6) is -0.785. The predicted molar refractivity (Wildman–Crippen MR) is 150 cm³/mol. The third-order valence-corrected chi connectivity index (χ3v) is 7.19. The van der Waals surface area contributed by atoms with E-state index in [9.17, 15) is 18.0 Å². The second kappa shape index (κ2) is 13.2. The van der Waals surface area contributed by atoms with Crippen molar-refractivity contribution < 1.29 is 22.7 Å². The maximum Gasteiger partial charge on any atom is 0.391 e. The van der Waals surface area contributed by atoms with Gasteiger partial charge in [-0.1, -0.05) is 54.1 Å². The van der Waals surface area contributed by atoms with Crippen LogP contribution in [0.4, 0.5) is 24.9 Å². The molecule has 0 spiro atoms. The highest BCUT2D eigenvalue weighted by molar-refractivity contribution is 6.30. The second-order valence-corrected chi connectivity index (χ2v) is 9.92. The number of hydrogen-bond donors (Lipinski definition) is 0. The van der Waals surface area contributed by atoms with E-state index in [1.54, 1.807) is 29.2 Å². The van der Waals surface area contributed by atoms with Gasteiger partial charge in [0.25, 0.3) is 0 Å². The number of carbonyl (C=O) groups excluding carboxylic acids is 1. The zero-order valence-electron chi connectivity index (χ0n) is 22.3. The van der Waals surface area contributed by atoms with Crippen LogP contribution in [0.5, 0.6) is 0 Å². The van der Waals surface area contributed by atoms with Gasteiger partial charge in [0.2, 0.25) is 5.95 Å². The lowest BCUT2D eigenvalue weighted by Crippen LogP contribution is -2.40. The molecule has 1 aromatic heterocycles. The van der Waals surface area contributed by atoms with Crippen LogP contribution in [0, 0.1) is 5.92 Å². The van der Waals surface area contributed by atoms with Crippen molar-refractivity contribution >= 4 is 35.4 Å². The Balaban J connectivity index is 0.000000867. The lowest BCUT2D eigenvalue weighted by molar-refractivity contribution is -0.179. The Morgan fingerprint density at radius 3 is 2.30 bits per heavy atom. The largest absolute Gasteiger partial charge is 0.391 e. The van der Waals surface area contributed by atoms with Crippen LogP contribution in [0.3, 0.4) is 0 Å². The lowest BCUT2D eigenvalue weighted by Gasteiger charge is -2.33. The summed E-state index contributed by atoms with van der Waals surface area (Å²) in [4.78, 5) is 22.5. The summed E-state index contributed by atoms with van der Waals surface area (Å²) in [6.07, 6.45) is -2.16. The van der Waals surface area contributed by atoms with Gasteiger partial charge in [-0.3, -0.25) is 4.79 Å². The number of rotatable bonds is 6. The number of hydrazone groups is 1. The van der Waals surface area contributed by atoms with E-state index < -0.39 is 12.1 Å². The Morgan fingerprint density at radius 2 is 1.73 bits per heavy atom. The molecular weight excluding hydrogens is 543 g/mol. The van der Waals surface area contributed by atoms with Crippen molar-refractivity contribution in [1.29, 1.82) is 0 Å². The number of methoxy groups -OCH3 is 1. The molecule has 1 saturated heterocycles. The number of aldehydes is 1. The molecule has 2 aliphatic heterocycles. The Bertz CT molecular complexity index is 1300. The molecular formula is C29H31ClF3N5O2. The third kappa shape index (κ3) is 6.98. The van der Waals surface area contributed by atoms with Gasteiger partial charge in [0.05, 0.1) is 23.7 Å². The zero-order chi connectivity index (χ0) is 28.7. The minimum atomic E-state index is -4.20. The SMILES string of the molecule is CCOC.O=Cc1cnc(N2CCC(C(F)(F)F)CC2)nc1N1CC(c2ccccc2)C(c2ccc(Cl)cc2)=N1. The molecule has 0 N–H and O–H groups in total. The van der Waals surface area contributed by atoms with Gasteiger partial charge in [-0.05, 0) is 43.0 Å². The fourth-order valence-corrected chi connectivity index (χ4v) is 4.81. The number of halogens is 4. The van der Waals surface area contributed by atoms with Crippen molar-refractivity contribution in [3.8, 4) is 0 Å². The van der Waals surface area contributed by atoms with Crippen molar-refractivity contribution in [3.63, 3.8) is 0 Å². The van der Waals surface area contributed by atoms with E-state index in [1.165, 1.54) is 6.20 Å². The third-order valence-electron chi connectivity index (χ3n) is 6.94. The Labute approximate surface area is 236 Å². The van der Waals surface area contributed by atoms with Gasteiger partial charge in [0.15, 0.2) is 12.1 Å². The molecule has 0 aliphatic carbocycles. The summed E-state index contributed by atoms with van der Waals surface area (Å²) in [6, 6.07) is 17.3. The number of piperidine rings is 1. The number of benzene rings is 2. The van der Waals surface area contributed by atoms with E-state index in [2.05, 4.69) is 14.7 Å². The highest BCUT2D eigenvalue weighted by atomic mass is 35.5. The van der Waals surface area contributed by atoms with Crippen molar-refractivity contribution in [2.45, 2.75) is 31.9 Å². The van der Waals surface area contributed by atoms with E-state index >= 15 is 0 Å². The van der Waals surface area contributed by atoms with Crippen LogP contribution in [0.25, 0.3) is 0 Å². The first-order chi connectivity index (χ1) is 19.2. The molecule has 40 heavy (non-hydrogen) atoms. The van der Waals surface area contributed by atoms with Gasteiger partial charge >= 0.3 is 6.18 Å². The molecule has 2 aromatic carbocycles. The molecule has 7 nitrogen and oxygen atoms in total. The molecule has 5 rings (SSSR count). The van der Waals surface area contributed by atoms with Crippen LogP contribution in [0.15, 0.2) is 65.9 Å². The first kappa shape index (κ1) is 29.5.